The van der Waals surface area contributed by atoms with Crippen LogP contribution in [-0.2, 0) is 17.9 Å². The lowest BCUT2D eigenvalue weighted by molar-refractivity contribution is 0.0245. The molecule has 2 aromatic carbocycles. The molecule has 0 aromatic heterocycles. The van der Waals surface area contributed by atoms with Crippen molar-refractivity contribution in [1.82, 2.24) is 4.90 Å². The number of ether oxygens (including phenoxy) is 1. The van der Waals surface area contributed by atoms with Crippen LogP contribution in [0.5, 0.6) is 0 Å². The molecule has 2 heterocycles. The minimum atomic E-state index is 0. The molecule has 2 aliphatic rings. The van der Waals surface area contributed by atoms with E-state index in [-0.39, 0.29) is 12.4 Å². The predicted molar refractivity (Wildman–Crippen MR) is 94.4 cm³/mol. The minimum Gasteiger partial charge on any atom is -0.371 e. The quantitative estimate of drug-likeness (QED) is 0.767. The highest BCUT2D eigenvalue weighted by Crippen LogP contribution is 2.39. The number of nitrogens with zero attached hydrogens (tertiary/aromatic N) is 1. The maximum Gasteiger partial charge on any atom is 0.0787 e. The SMILES string of the molecule is Brc1cccc2c1CO[C@@H]1CN(Cc3ccccc3)C[C@H]21.Cl. The van der Waals surface area contributed by atoms with Gasteiger partial charge < -0.3 is 4.74 Å². The lowest BCUT2D eigenvalue weighted by Crippen LogP contribution is -2.27. The first kappa shape index (κ1) is 16.0. The van der Waals surface area contributed by atoms with Gasteiger partial charge in [0.2, 0.25) is 0 Å². The molecule has 0 radical (unpaired) electrons. The number of hydrogen-bond donors (Lipinski definition) is 0. The van der Waals surface area contributed by atoms with Gasteiger partial charge in [-0.25, -0.2) is 0 Å². The molecule has 4 heteroatoms. The molecular formula is C18H19BrClNO. The van der Waals surface area contributed by atoms with Gasteiger partial charge in [-0.3, -0.25) is 4.90 Å². The van der Waals surface area contributed by atoms with Gasteiger partial charge in [0.05, 0.1) is 12.7 Å². The maximum absolute atomic E-state index is 6.11. The van der Waals surface area contributed by atoms with Crippen LogP contribution in [0.15, 0.2) is 53.0 Å². The normalized spacial score (nSPS) is 23.5. The maximum atomic E-state index is 6.11. The van der Waals surface area contributed by atoms with E-state index >= 15 is 0 Å². The Morgan fingerprint density at radius 1 is 1.05 bits per heavy atom. The second-order valence-electron chi connectivity index (χ2n) is 5.94. The van der Waals surface area contributed by atoms with Crippen molar-refractivity contribution in [2.24, 2.45) is 0 Å². The summed E-state index contributed by atoms with van der Waals surface area (Å²) < 4.78 is 7.29. The van der Waals surface area contributed by atoms with Gasteiger partial charge >= 0.3 is 0 Å². The van der Waals surface area contributed by atoms with Crippen LogP contribution in [-0.4, -0.2) is 24.1 Å². The van der Waals surface area contributed by atoms with Gasteiger partial charge in [-0.05, 0) is 22.8 Å². The summed E-state index contributed by atoms with van der Waals surface area (Å²) in [5.74, 6) is 0.509. The Bertz CT molecular complexity index is 649. The monoisotopic (exact) mass is 379 g/mol. The lowest BCUT2D eigenvalue weighted by Gasteiger charge is -2.28. The van der Waals surface area contributed by atoms with E-state index in [1.54, 1.807) is 0 Å². The molecule has 4 rings (SSSR count). The van der Waals surface area contributed by atoms with Crippen LogP contribution in [0, 0.1) is 0 Å². The fourth-order valence-corrected chi connectivity index (χ4v) is 4.05. The second kappa shape index (κ2) is 6.71. The third-order valence-electron chi connectivity index (χ3n) is 4.59. The van der Waals surface area contributed by atoms with Gasteiger partial charge in [0.25, 0.3) is 0 Å². The highest BCUT2D eigenvalue weighted by molar-refractivity contribution is 9.10. The fraction of sp³-hybridized carbons (Fsp3) is 0.333. The zero-order valence-corrected chi connectivity index (χ0v) is 14.6. The van der Waals surface area contributed by atoms with E-state index in [0.717, 1.165) is 26.2 Å². The zero-order chi connectivity index (χ0) is 14.2. The average molecular weight is 381 g/mol. The van der Waals surface area contributed by atoms with Crippen molar-refractivity contribution in [3.63, 3.8) is 0 Å². The van der Waals surface area contributed by atoms with Crippen molar-refractivity contribution in [2.75, 3.05) is 13.1 Å². The number of likely N-dealkylation sites (tertiary alicyclic amines) is 1. The molecule has 0 spiro atoms. The fourth-order valence-electron chi connectivity index (χ4n) is 3.56. The number of rotatable bonds is 2. The van der Waals surface area contributed by atoms with Crippen molar-refractivity contribution in [3.8, 4) is 0 Å². The van der Waals surface area contributed by atoms with Crippen LogP contribution >= 0.6 is 28.3 Å². The second-order valence-corrected chi connectivity index (χ2v) is 6.80. The van der Waals surface area contributed by atoms with Crippen LogP contribution in [0.25, 0.3) is 0 Å². The van der Waals surface area contributed by atoms with Crippen molar-refractivity contribution in [3.05, 3.63) is 69.7 Å². The third kappa shape index (κ3) is 2.95. The van der Waals surface area contributed by atoms with Gasteiger partial charge in [0, 0.05) is 30.0 Å². The van der Waals surface area contributed by atoms with Crippen molar-refractivity contribution >= 4 is 28.3 Å². The third-order valence-corrected chi connectivity index (χ3v) is 5.33. The molecule has 2 aromatic rings. The molecule has 2 nitrogen and oxygen atoms in total. The molecular weight excluding hydrogens is 362 g/mol. The smallest absolute Gasteiger partial charge is 0.0787 e. The molecule has 0 amide bonds. The standard InChI is InChI=1S/C18H18BrNO.ClH/c19-17-8-4-7-14-15-10-20(9-13-5-2-1-3-6-13)11-18(15)21-12-16(14)17;/h1-8,15,18H,9-12H2;1H/t15-,18-;/m1./s1. The minimum absolute atomic E-state index is 0. The number of benzene rings is 2. The number of halogens is 2. The molecule has 0 N–H and O–H groups in total. The summed E-state index contributed by atoms with van der Waals surface area (Å²) in [7, 11) is 0. The first-order valence-corrected chi connectivity index (χ1v) is 8.26. The lowest BCUT2D eigenvalue weighted by atomic mass is 9.90. The molecule has 2 aliphatic heterocycles. The van der Waals surface area contributed by atoms with Crippen molar-refractivity contribution in [2.45, 2.75) is 25.2 Å². The Kier molecular flexibility index (Phi) is 4.88. The van der Waals surface area contributed by atoms with Crippen LogP contribution < -0.4 is 0 Å². The number of fused-ring (bicyclic) bond motifs is 3. The largest absolute Gasteiger partial charge is 0.371 e. The highest BCUT2D eigenvalue weighted by atomic mass is 79.9. The van der Waals surface area contributed by atoms with Crippen molar-refractivity contribution in [1.29, 1.82) is 0 Å². The summed E-state index contributed by atoms with van der Waals surface area (Å²) in [6.45, 7) is 3.87. The molecule has 0 saturated carbocycles. The Balaban J connectivity index is 0.00000144. The van der Waals surface area contributed by atoms with Crippen LogP contribution in [0.3, 0.4) is 0 Å². The highest BCUT2D eigenvalue weighted by Gasteiger charge is 2.38. The van der Waals surface area contributed by atoms with E-state index in [9.17, 15) is 0 Å². The Morgan fingerprint density at radius 3 is 2.68 bits per heavy atom. The molecule has 0 bridgehead atoms. The molecule has 0 aliphatic carbocycles. The van der Waals surface area contributed by atoms with E-state index in [1.807, 2.05) is 0 Å². The average Bonchev–Trinajstić information content (AvgIpc) is 2.91. The van der Waals surface area contributed by atoms with E-state index in [4.69, 9.17) is 4.74 Å². The summed E-state index contributed by atoms with van der Waals surface area (Å²) in [5.41, 5.74) is 4.18. The molecule has 0 unspecified atom stereocenters. The molecule has 1 saturated heterocycles. The summed E-state index contributed by atoms with van der Waals surface area (Å²) in [5, 5.41) is 0. The summed E-state index contributed by atoms with van der Waals surface area (Å²) in [4.78, 5) is 2.51. The Labute approximate surface area is 146 Å². The van der Waals surface area contributed by atoms with Gasteiger partial charge in [-0.15, -0.1) is 12.4 Å². The van der Waals surface area contributed by atoms with Gasteiger partial charge in [0.15, 0.2) is 0 Å². The number of hydrogen-bond acceptors (Lipinski definition) is 2. The molecule has 22 heavy (non-hydrogen) atoms. The summed E-state index contributed by atoms with van der Waals surface area (Å²) >= 11 is 3.65. The molecule has 1 fully saturated rings. The Morgan fingerprint density at radius 2 is 1.86 bits per heavy atom. The predicted octanol–water partition coefficient (Wildman–Crippen LogP) is 4.37. The first-order chi connectivity index (χ1) is 10.3. The first-order valence-electron chi connectivity index (χ1n) is 7.46. The van der Waals surface area contributed by atoms with Gasteiger partial charge in [-0.1, -0.05) is 58.4 Å². The molecule has 116 valence electrons. The van der Waals surface area contributed by atoms with E-state index < -0.39 is 0 Å². The van der Waals surface area contributed by atoms with E-state index in [1.165, 1.54) is 21.2 Å². The van der Waals surface area contributed by atoms with Crippen molar-refractivity contribution < 1.29 is 4.74 Å². The summed E-state index contributed by atoms with van der Waals surface area (Å²) in [6.07, 6.45) is 0.343. The van der Waals surface area contributed by atoms with Crippen LogP contribution in [0.2, 0.25) is 0 Å². The van der Waals surface area contributed by atoms with Crippen LogP contribution in [0.4, 0.5) is 0 Å². The van der Waals surface area contributed by atoms with Gasteiger partial charge in [0.1, 0.15) is 0 Å². The van der Waals surface area contributed by atoms with E-state index in [2.05, 4.69) is 69.4 Å². The Hall–Kier alpha value is -0.870. The van der Waals surface area contributed by atoms with Crippen LogP contribution in [0.1, 0.15) is 22.6 Å². The summed E-state index contributed by atoms with van der Waals surface area (Å²) in [6, 6.07) is 17.2. The zero-order valence-electron chi connectivity index (χ0n) is 12.2. The van der Waals surface area contributed by atoms with Gasteiger partial charge in [-0.2, -0.15) is 0 Å². The molecule has 2 atom stereocenters. The topological polar surface area (TPSA) is 12.5 Å². The van der Waals surface area contributed by atoms with E-state index in [0.29, 0.717) is 12.0 Å².